The standard InChI is InChI=1S/C23H33NO2/c1-14(2)20-7-6-15(3)8-21(20)23-16(4)9-18(11-22(23)26)10-19-12-24(13-19)17(5)25/h8-9,11,14,19-21,26H,6-7,10,12-13H2,1-5H3/t20?,21-/m1/s1. The first kappa shape index (κ1) is 19.0. The maximum absolute atomic E-state index is 11.3. The summed E-state index contributed by atoms with van der Waals surface area (Å²) in [5.41, 5.74) is 4.94. The highest BCUT2D eigenvalue weighted by molar-refractivity contribution is 5.74. The van der Waals surface area contributed by atoms with Crippen molar-refractivity contribution in [2.75, 3.05) is 13.1 Å². The molecule has 1 N–H and O–H groups in total. The second kappa shape index (κ2) is 7.46. The molecule has 0 spiro atoms. The molecule has 0 aromatic heterocycles. The molecule has 2 atom stereocenters. The van der Waals surface area contributed by atoms with E-state index in [1.165, 1.54) is 29.5 Å². The van der Waals surface area contributed by atoms with Crippen LogP contribution in [0, 0.1) is 24.7 Å². The zero-order valence-corrected chi connectivity index (χ0v) is 16.9. The quantitative estimate of drug-likeness (QED) is 0.787. The van der Waals surface area contributed by atoms with Crippen molar-refractivity contribution < 1.29 is 9.90 Å². The fraction of sp³-hybridized carbons (Fsp3) is 0.609. The number of benzene rings is 1. The smallest absolute Gasteiger partial charge is 0.219 e. The molecule has 1 aromatic rings. The lowest BCUT2D eigenvalue weighted by Gasteiger charge is -2.39. The SMILES string of the molecule is CC(=O)N1CC(Cc2cc(C)c([C@@H]3C=C(C)CCC3C(C)C)c(O)c2)C1. The number of aromatic hydroxyl groups is 1. The molecule has 1 aliphatic carbocycles. The summed E-state index contributed by atoms with van der Waals surface area (Å²) in [6, 6.07) is 4.22. The van der Waals surface area contributed by atoms with E-state index in [1.54, 1.807) is 6.92 Å². The topological polar surface area (TPSA) is 40.5 Å². The Bertz CT molecular complexity index is 690. The maximum atomic E-state index is 11.3. The normalized spacial score (nSPS) is 23.8. The second-order valence-corrected chi connectivity index (χ2v) is 8.83. The number of amides is 1. The number of phenols is 1. The van der Waals surface area contributed by atoms with E-state index in [-0.39, 0.29) is 5.91 Å². The molecule has 142 valence electrons. The molecule has 2 aliphatic rings. The lowest BCUT2D eigenvalue weighted by atomic mass is 9.71. The van der Waals surface area contributed by atoms with E-state index in [0.29, 0.717) is 29.4 Å². The summed E-state index contributed by atoms with van der Waals surface area (Å²) in [7, 11) is 0. The van der Waals surface area contributed by atoms with Gasteiger partial charge in [0, 0.05) is 31.5 Å². The van der Waals surface area contributed by atoms with Gasteiger partial charge in [-0.3, -0.25) is 4.79 Å². The highest BCUT2D eigenvalue weighted by atomic mass is 16.3. The highest BCUT2D eigenvalue weighted by Gasteiger charge is 2.32. The van der Waals surface area contributed by atoms with Gasteiger partial charge >= 0.3 is 0 Å². The predicted molar refractivity (Wildman–Crippen MR) is 106 cm³/mol. The Balaban J connectivity index is 1.81. The van der Waals surface area contributed by atoms with Crippen LogP contribution in [0.3, 0.4) is 0 Å². The van der Waals surface area contributed by atoms with Gasteiger partial charge in [0.15, 0.2) is 0 Å². The molecule has 3 heteroatoms. The van der Waals surface area contributed by atoms with Crippen LogP contribution >= 0.6 is 0 Å². The van der Waals surface area contributed by atoms with Crippen molar-refractivity contribution in [2.45, 2.75) is 59.8 Å². The molecule has 1 aromatic carbocycles. The van der Waals surface area contributed by atoms with E-state index in [9.17, 15) is 9.90 Å². The summed E-state index contributed by atoms with van der Waals surface area (Å²) in [5, 5.41) is 10.9. The minimum atomic E-state index is 0.162. The van der Waals surface area contributed by atoms with Crippen molar-refractivity contribution in [3.63, 3.8) is 0 Å². The minimum absolute atomic E-state index is 0.162. The summed E-state index contributed by atoms with van der Waals surface area (Å²) in [6.45, 7) is 12.3. The average Bonchev–Trinajstić information content (AvgIpc) is 2.49. The minimum Gasteiger partial charge on any atom is -0.508 e. The number of carbonyl (C=O) groups excluding carboxylic acids is 1. The third kappa shape index (κ3) is 3.82. The van der Waals surface area contributed by atoms with E-state index in [4.69, 9.17) is 0 Å². The Morgan fingerprint density at radius 2 is 1.96 bits per heavy atom. The monoisotopic (exact) mass is 355 g/mol. The molecule has 0 radical (unpaired) electrons. The fourth-order valence-electron chi connectivity index (χ4n) is 4.83. The van der Waals surface area contributed by atoms with Crippen LogP contribution in [0.2, 0.25) is 0 Å². The Hall–Kier alpha value is -1.77. The van der Waals surface area contributed by atoms with E-state index in [0.717, 1.165) is 25.1 Å². The number of hydrogen-bond acceptors (Lipinski definition) is 2. The van der Waals surface area contributed by atoms with Crippen molar-refractivity contribution in [1.29, 1.82) is 0 Å². The van der Waals surface area contributed by atoms with Crippen LogP contribution in [0.25, 0.3) is 0 Å². The first-order chi connectivity index (χ1) is 12.3. The van der Waals surface area contributed by atoms with Gasteiger partial charge in [0.05, 0.1) is 0 Å². The van der Waals surface area contributed by atoms with Gasteiger partial charge in [-0.15, -0.1) is 0 Å². The number of likely N-dealkylation sites (tertiary alicyclic amines) is 1. The molecule has 3 rings (SSSR count). The number of nitrogens with zero attached hydrogens (tertiary/aromatic N) is 1. The summed E-state index contributed by atoms with van der Waals surface area (Å²) in [4.78, 5) is 13.2. The van der Waals surface area contributed by atoms with Gasteiger partial charge < -0.3 is 10.0 Å². The zero-order valence-electron chi connectivity index (χ0n) is 16.9. The molecule has 1 saturated heterocycles. The molecule has 3 nitrogen and oxygen atoms in total. The predicted octanol–water partition coefficient (Wildman–Crippen LogP) is 4.82. The molecule has 1 amide bonds. The molecule has 26 heavy (non-hydrogen) atoms. The van der Waals surface area contributed by atoms with E-state index in [1.807, 2.05) is 11.0 Å². The summed E-state index contributed by atoms with van der Waals surface area (Å²) >= 11 is 0. The Morgan fingerprint density at radius 1 is 1.27 bits per heavy atom. The van der Waals surface area contributed by atoms with Crippen LogP contribution in [0.4, 0.5) is 0 Å². The Kier molecular flexibility index (Phi) is 5.45. The number of aryl methyl sites for hydroxylation is 1. The number of hydrogen-bond donors (Lipinski definition) is 1. The molecule has 1 unspecified atom stereocenters. The van der Waals surface area contributed by atoms with Crippen molar-refractivity contribution in [3.8, 4) is 5.75 Å². The van der Waals surface area contributed by atoms with E-state index in [2.05, 4.69) is 39.8 Å². The van der Waals surface area contributed by atoms with Crippen molar-refractivity contribution in [1.82, 2.24) is 4.90 Å². The molecular weight excluding hydrogens is 322 g/mol. The Labute approximate surface area is 158 Å². The van der Waals surface area contributed by atoms with Gasteiger partial charge in [-0.1, -0.05) is 31.6 Å². The molecule has 1 aliphatic heterocycles. The van der Waals surface area contributed by atoms with Gasteiger partial charge in [0.25, 0.3) is 0 Å². The molecule has 1 fully saturated rings. The Morgan fingerprint density at radius 3 is 2.54 bits per heavy atom. The molecule has 0 saturated carbocycles. The zero-order chi connectivity index (χ0) is 19.0. The number of allylic oxidation sites excluding steroid dienone is 2. The third-order valence-electron chi connectivity index (χ3n) is 6.34. The van der Waals surface area contributed by atoms with E-state index < -0.39 is 0 Å². The van der Waals surface area contributed by atoms with Gasteiger partial charge in [-0.05, 0) is 68.1 Å². The summed E-state index contributed by atoms with van der Waals surface area (Å²) < 4.78 is 0. The van der Waals surface area contributed by atoms with Gasteiger partial charge in [-0.25, -0.2) is 0 Å². The largest absolute Gasteiger partial charge is 0.508 e. The van der Waals surface area contributed by atoms with Crippen LogP contribution < -0.4 is 0 Å². The van der Waals surface area contributed by atoms with Crippen LogP contribution in [0.15, 0.2) is 23.8 Å². The van der Waals surface area contributed by atoms with E-state index >= 15 is 0 Å². The first-order valence-electron chi connectivity index (χ1n) is 10.0. The van der Waals surface area contributed by atoms with Crippen molar-refractivity contribution in [3.05, 3.63) is 40.5 Å². The van der Waals surface area contributed by atoms with Crippen LogP contribution in [0.5, 0.6) is 5.75 Å². The second-order valence-electron chi connectivity index (χ2n) is 8.83. The van der Waals surface area contributed by atoms with Gasteiger partial charge in [0.1, 0.15) is 5.75 Å². The van der Waals surface area contributed by atoms with Crippen LogP contribution in [-0.4, -0.2) is 29.0 Å². The molecular formula is C23H33NO2. The lowest BCUT2D eigenvalue weighted by molar-refractivity contribution is -0.134. The third-order valence-corrected chi connectivity index (χ3v) is 6.34. The lowest BCUT2D eigenvalue weighted by Crippen LogP contribution is -2.49. The first-order valence-corrected chi connectivity index (χ1v) is 10.0. The fourth-order valence-corrected chi connectivity index (χ4v) is 4.83. The van der Waals surface area contributed by atoms with Crippen LogP contribution in [0.1, 0.15) is 63.1 Å². The number of rotatable bonds is 4. The van der Waals surface area contributed by atoms with Gasteiger partial charge in [0.2, 0.25) is 5.91 Å². The van der Waals surface area contributed by atoms with Crippen LogP contribution in [-0.2, 0) is 11.2 Å². The summed E-state index contributed by atoms with van der Waals surface area (Å²) in [5.74, 6) is 2.64. The molecule has 0 bridgehead atoms. The molecule has 1 heterocycles. The summed E-state index contributed by atoms with van der Waals surface area (Å²) in [6.07, 6.45) is 5.69. The highest BCUT2D eigenvalue weighted by Crippen LogP contribution is 2.44. The van der Waals surface area contributed by atoms with Gasteiger partial charge in [-0.2, -0.15) is 0 Å². The number of phenolic OH excluding ortho intramolecular Hbond substituents is 1. The van der Waals surface area contributed by atoms with Crippen molar-refractivity contribution in [2.24, 2.45) is 17.8 Å². The van der Waals surface area contributed by atoms with Crippen molar-refractivity contribution >= 4 is 5.91 Å². The average molecular weight is 356 g/mol. The number of carbonyl (C=O) groups is 1. The maximum Gasteiger partial charge on any atom is 0.219 e.